The average molecular weight is 260 g/mol. The van der Waals surface area contributed by atoms with Crippen molar-refractivity contribution in [3.63, 3.8) is 0 Å². The van der Waals surface area contributed by atoms with E-state index in [-0.39, 0.29) is 11.8 Å². The molecule has 0 aromatic heterocycles. The van der Waals surface area contributed by atoms with Crippen LogP contribution in [0.4, 0.5) is 0 Å². The van der Waals surface area contributed by atoms with Gasteiger partial charge in [0.25, 0.3) is 0 Å². The van der Waals surface area contributed by atoms with Gasteiger partial charge in [0.2, 0.25) is 10.0 Å². The molecule has 2 rings (SSSR count). The van der Waals surface area contributed by atoms with E-state index >= 15 is 0 Å². The number of nitrogens with zero attached hydrogens (tertiary/aromatic N) is 1. The molecule has 0 spiro atoms. The highest BCUT2D eigenvalue weighted by atomic mass is 32.2. The Labute approximate surface area is 105 Å². The van der Waals surface area contributed by atoms with E-state index in [1.807, 2.05) is 0 Å². The van der Waals surface area contributed by atoms with E-state index < -0.39 is 15.6 Å². The first kappa shape index (κ1) is 13.3. The van der Waals surface area contributed by atoms with Crippen LogP contribution in [0.1, 0.15) is 51.4 Å². The lowest BCUT2D eigenvalue weighted by atomic mass is 9.84. The summed E-state index contributed by atoms with van der Waals surface area (Å²) in [5.74, 6) is 0.132. The van der Waals surface area contributed by atoms with E-state index in [2.05, 4.69) is 0 Å². The summed E-state index contributed by atoms with van der Waals surface area (Å²) in [6, 6.07) is 0.229. The first-order valence-corrected chi connectivity index (χ1v) is 8.28. The van der Waals surface area contributed by atoms with Gasteiger partial charge in [-0.1, -0.05) is 25.7 Å². The first-order valence-electron chi connectivity index (χ1n) is 6.68. The summed E-state index contributed by atoms with van der Waals surface area (Å²) in [6.07, 6.45) is 8.20. The molecule has 0 heterocycles. The lowest BCUT2D eigenvalue weighted by Crippen LogP contribution is -2.52. The fourth-order valence-electron chi connectivity index (χ4n) is 2.84. The molecule has 2 saturated carbocycles. The molecule has 0 aromatic rings. The van der Waals surface area contributed by atoms with Crippen LogP contribution in [0.5, 0.6) is 0 Å². The molecule has 0 saturated heterocycles. The average Bonchev–Trinajstić information content (AvgIpc) is 2.14. The normalized spacial score (nSPS) is 25.8. The highest BCUT2D eigenvalue weighted by Crippen LogP contribution is 2.30. The minimum atomic E-state index is -3.17. The van der Waals surface area contributed by atoms with Crippen LogP contribution >= 0.6 is 0 Å². The van der Waals surface area contributed by atoms with Gasteiger partial charge in [-0.3, -0.25) is 0 Å². The number of hydrogen-bond donors (Lipinski definition) is 1. The molecule has 100 valence electrons. The zero-order chi connectivity index (χ0) is 12.5. The Morgan fingerprint density at radius 3 is 2.24 bits per heavy atom. The van der Waals surface area contributed by atoms with Crippen LogP contribution in [0.3, 0.4) is 0 Å². The molecule has 2 N–H and O–H groups in total. The minimum absolute atomic E-state index is 0.132. The molecule has 0 aromatic carbocycles. The maximum Gasteiger partial charge on any atom is 0.215 e. The monoisotopic (exact) mass is 260 g/mol. The van der Waals surface area contributed by atoms with Crippen LogP contribution in [-0.4, -0.2) is 37.1 Å². The van der Waals surface area contributed by atoms with Crippen molar-refractivity contribution < 1.29 is 8.42 Å². The van der Waals surface area contributed by atoms with Crippen LogP contribution in [-0.2, 0) is 10.0 Å². The van der Waals surface area contributed by atoms with Crippen LogP contribution in [0.25, 0.3) is 0 Å². The Balaban J connectivity index is 2.00. The summed E-state index contributed by atoms with van der Waals surface area (Å²) < 4.78 is 26.1. The molecule has 0 unspecified atom stereocenters. The molecule has 5 heteroatoms. The predicted octanol–water partition coefficient (Wildman–Crippen LogP) is 1.46. The molecule has 0 aliphatic heterocycles. The quantitative estimate of drug-likeness (QED) is 0.832. The van der Waals surface area contributed by atoms with Crippen molar-refractivity contribution in [2.24, 2.45) is 5.73 Å². The summed E-state index contributed by atoms with van der Waals surface area (Å²) >= 11 is 0. The lowest BCUT2D eigenvalue weighted by molar-refractivity contribution is 0.244. The Hall–Kier alpha value is -0.130. The summed E-state index contributed by atoms with van der Waals surface area (Å²) in [5.41, 5.74) is 5.76. The number of hydrogen-bond acceptors (Lipinski definition) is 3. The summed E-state index contributed by atoms with van der Waals surface area (Å²) in [5, 5.41) is 0. The number of nitrogens with two attached hydrogens (primary N) is 1. The maximum atomic E-state index is 12.3. The first-order chi connectivity index (χ1) is 7.93. The summed E-state index contributed by atoms with van der Waals surface area (Å²) in [4.78, 5) is 0. The molecular formula is C12H24N2O2S. The van der Waals surface area contributed by atoms with Crippen molar-refractivity contribution in [1.29, 1.82) is 0 Å². The Kier molecular flexibility index (Phi) is 3.80. The molecule has 0 radical (unpaired) electrons. The van der Waals surface area contributed by atoms with Crippen molar-refractivity contribution in [3.05, 3.63) is 0 Å². The van der Waals surface area contributed by atoms with Gasteiger partial charge in [0, 0.05) is 18.6 Å². The third kappa shape index (κ3) is 3.01. The Morgan fingerprint density at radius 2 is 1.76 bits per heavy atom. The highest BCUT2D eigenvalue weighted by molar-refractivity contribution is 7.89. The van der Waals surface area contributed by atoms with Crippen LogP contribution in [0.2, 0.25) is 0 Å². The van der Waals surface area contributed by atoms with Gasteiger partial charge in [-0.25, -0.2) is 12.7 Å². The van der Waals surface area contributed by atoms with Gasteiger partial charge < -0.3 is 5.73 Å². The minimum Gasteiger partial charge on any atom is -0.324 e. The third-order valence-corrected chi connectivity index (χ3v) is 6.46. The van der Waals surface area contributed by atoms with Gasteiger partial charge in [-0.15, -0.1) is 0 Å². The molecule has 2 aliphatic rings. The standard InChI is InChI=1S/C12H24N2O2S/c1-14(11-6-5-7-11)17(15,16)10-12(13)8-3-2-4-9-12/h11H,2-10,13H2,1H3. The fourth-order valence-corrected chi connectivity index (χ4v) is 4.73. The molecule has 0 bridgehead atoms. The van der Waals surface area contributed by atoms with Gasteiger partial charge in [0.1, 0.15) is 0 Å². The van der Waals surface area contributed by atoms with E-state index in [0.29, 0.717) is 0 Å². The van der Waals surface area contributed by atoms with Crippen molar-refractivity contribution in [2.75, 3.05) is 12.8 Å². The summed E-state index contributed by atoms with van der Waals surface area (Å²) in [7, 11) is -1.46. The van der Waals surface area contributed by atoms with Gasteiger partial charge in [-0.2, -0.15) is 0 Å². The van der Waals surface area contributed by atoms with Gasteiger partial charge in [0.15, 0.2) is 0 Å². The van der Waals surface area contributed by atoms with E-state index in [1.165, 1.54) is 6.42 Å². The van der Waals surface area contributed by atoms with E-state index in [0.717, 1.165) is 44.9 Å². The molecule has 0 amide bonds. The largest absolute Gasteiger partial charge is 0.324 e. The highest BCUT2D eigenvalue weighted by Gasteiger charge is 2.37. The Bertz CT molecular complexity index is 357. The lowest BCUT2D eigenvalue weighted by Gasteiger charge is -2.38. The van der Waals surface area contributed by atoms with Gasteiger partial charge in [0.05, 0.1) is 5.75 Å². The zero-order valence-electron chi connectivity index (χ0n) is 10.7. The molecule has 17 heavy (non-hydrogen) atoms. The molecular weight excluding hydrogens is 236 g/mol. The van der Waals surface area contributed by atoms with Gasteiger partial charge >= 0.3 is 0 Å². The summed E-state index contributed by atoms with van der Waals surface area (Å²) in [6.45, 7) is 0. The zero-order valence-corrected chi connectivity index (χ0v) is 11.5. The molecule has 4 nitrogen and oxygen atoms in total. The van der Waals surface area contributed by atoms with Crippen molar-refractivity contribution in [2.45, 2.75) is 62.9 Å². The van der Waals surface area contributed by atoms with Crippen molar-refractivity contribution in [1.82, 2.24) is 4.31 Å². The van der Waals surface area contributed by atoms with Gasteiger partial charge in [-0.05, 0) is 25.7 Å². The van der Waals surface area contributed by atoms with Crippen molar-refractivity contribution >= 4 is 10.0 Å². The van der Waals surface area contributed by atoms with Crippen LogP contribution < -0.4 is 5.73 Å². The van der Waals surface area contributed by atoms with E-state index in [9.17, 15) is 8.42 Å². The predicted molar refractivity (Wildman–Crippen MR) is 69.2 cm³/mol. The second-order valence-electron chi connectivity index (χ2n) is 5.78. The molecule has 2 aliphatic carbocycles. The SMILES string of the molecule is CN(C1CCC1)S(=O)(=O)CC1(N)CCCCC1. The molecule has 2 fully saturated rings. The van der Waals surface area contributed by atoms with Crippen LogP contribution in [0, 0.1) is 0 Å². The fraction of sp³-hybridized carbons (Fsp3) is 1.00. The topological polar surface area (TPSA) is 63.4 Å². The van der Waals surface area contributed by atoms with E-state index in [1.54, 1.807) is 11.4 Å². The maximum absolute atomic E-state index is 12.3. The third-order valence-electron chi connectivity index (χ3n) is 4.35. The van der Waals surface area contributed by atoms with E-state index in [4.69, 9.17) is 5.73 Å². The van der Waals surface area contributed by atoms with Crippen molar-refractivity contribution in [3.8, 4) is 0 Å². The second kappa shape index (κ2) is 4.86. The number of sulfonamides is 1. The van der Waals surface area contributed by atoms with Crippen LogP contribution in [0.15, 0.2) is 0 Å². The molecule has 0 atom stereocenters. The second-order valence-corrected chi connectivity index (χ2v) is 7.81. The smallest absolute Gasteiger partial charge is 0.215 e. The Morgan fingerprint density at radius 1 is 1.18 bits per heavy atom. The number of rotatable bonds is 4.